The third-order valence-electron chi connectivity index (χ3n) is 4.29. The van der Waals surface area contributed by atoms with E-state index in [0.717, 1.165) is 10.2 Å². The fraction of sp³-hybridized carbons (Fsp3) is 0.250. The zero-order chi connectivity index (χ0) is 20.8. The molecule has 0 fully saturated rings. The number of methoxy groups -OCH3 is 1. The molecule has 0 spiro atoms. The predicted octanol–water partition coefficient (Wildman–Crippen LogP) is 1.00. The summed E-state index contributed by atoms with van der Waals surface area (Å²) in [6.07, 6.45) is 0. The predicted molar refractivity (Wildman–Crippen MR) is 104 cm³/mol. The van der Waals surface area contributed by atoms with Crippen LogP contribution in [0.4, 0.5) is 0 Å². The minimum absolute atomic E-state index is 0.302. The molecule has 1 heterocycles. The van der Waals surface area contributed by atoms with Crippen molar-refractivity contribution in [2.24, 2.45) is 0 Å². The van der Waals surface area contributed by atoms with E-state index < -0.39 is 24.7 Å². The van der Waals surface area contributed by atoms with Crippen molar-refractivity contribution < 1.29 is 19.1 Å². The van der Waals surface area contributed by atoms with Crippen LogP contribution in [-0.2, 0) is 27.4 Å². The Bertz CT molecular complexity index is 1100. The summed E-state index contributed by atoms with van der Waals surface area (Å²) in [5.41, 5.74) is 0.817. The maximum atomic E-state index is 12.3. The lowest BCUT2D eigenvalue weighted by Crippen LogP contribution is -2.33. The maximum Gasteiger partial charge on any atom is 0.328 e. The van der Waals surface area contributed by atoms with Gasteiger partial charge in [0.2, 0.25) is 0 Å². The molecule has 0 saturated heterocycles. The number of aromatic nitrogens is 3. The summed E-state index contributed by atoms with van der Waals surface area (Å²) in [5.74, 6) is -0.477. The van der Waals surface area contributed by atoms with Crippen LogP contribution in [0.15, 0.2) is 53.3 Å². The van der Waals surface area contributed by atoms with Gasteiger partial charge in [0, 0.05) is 19.2 Å². The smallest absolute Gasteiger partial charge is 0.328 e. The Morgan fingerprint density at radius 3 is 2.62 bits per heavy atom. The minimum Gasteiger partial charge on any atom is -0.496 e. The van der Waals surface area contributed by atoms with Gasteiger partial charge in [-0.1, -0.05) is 35.5 Å². The van der Waals surface area contributed by atoms with Gasteiger partial charge >= 0.3 is 5.97 Å². The van der Waals surface area contributed by atoms with Gasteiger partial charge in [0.05, 0.1) is 12.5 Å². The second-order valence-electron chi connectivity index (χ2n) is 6.29. The summed E-state index contributed by atoms with van der Waals surface area (Å²) < 4.78 is 11.2. The Labute approximate surface area is 166 Å². The molecule has 0 radical (unpaired) electrons. The molecular weight excluding hydrogens is 376 g/mol. The molecule has 3 aromatic rings. The molecule has 0 aliphatic rings. The molecule has 0 unspecified atom stereocenters. The van der Waals surface area contributed by atoms with E-state index in [1.165, 1.54) is 4.90 Å². The number of amides is 1. The normalized spacial score (nSPS) is 10.6. The molecule has 9 nitrogen and oxygen atoms in total. The van der Waals surface area contributed by atoms with E-state index in [2.05, 4.69) is 10.3 Å². The molecule has 0 bridgehead atoms. The van der Waals surface area contributed by atoms with Crippen LogP contribution in [0, 0.1) is 0 Å². The van der Waals surface area contributed by atoms with Crippen molar-refractivity contribution in [2.75, 3.05) is 20.8 Å². The van der Waals surface area contributed by atoms with Gasteiger partial charge in [0.1, 0.15) is 17.8 Å². The summed E-state index contributed by atoms with van der Waals surface area (Å²) in [5, 5.41) is 7.98. The molecule has 9 heteroatoms. The van der Waals surface area contributed by atoms with Crippen LogP contribution >= 0.6 is 0 Å². The van der Waals surface area contributed by atoms with Crippen LogP contribution < -0.4 is 10.3 Å². The molecule has 0 aliphatic carbocycles. The van der Waals surface area contributed by atoms with E-state index in [1.54, 1.807) is 44.5 Å². The van der Waals surface area contributed by atoms with Crippen LogP contribution in [0.25, 0.3) is 10.9 Å². The van der Waals surface area contributed by atoms with Gasteiger partial charge in [0.25, 0.3) is 11.5 Å². The lowest BCUT2D eigenvalue weighted by Gasteiger charge is -2.18. The number of hydrogen-bond donors (Lipinski definition) is 0. The largest absolute Gasteiger partial charge is 0.496 e. The van der Waals surface area contributed by atoms with E-state index in [-0.39, 0.29) is 5.91 Å². The Hall–Kier alpha value is -3.75. The summed E-state index contributed by atoms with van der Waals surface area (Å²) in [6.45, 7) is -0.573. The van der Waals surface area contributed by atoms with Gasteiger partial charge in [-0.05, 0) is 18.2 Å². The highest BCUT2D eigenvalue weighted by molar-refractivity contribution is 5.80. The quantitative estimate of drug-likeness (QED) is 0.549. The second-order valence-corrected chi connectivity index (χ2v) is 6.29. The van der Waals surface area contributed by atoms with Crippen molar-refractivity contribution in [3.8, 4) is 5.75 Å². The van der Waals surface area contributed by atoms with Gasteiger partial charge in [-0.25, -0.2) is 0 Å². The Morgan fingerprint density at radius 1 is 1.10 bits per heavy atom. The van der Waals surface area contributed by atoms with Crippen molar-refractivity contribution >= 4 is 22.8 Å². The first kappa shape index (κ1) is 20.0. The number of nitrogens with zero attached hydrogens (tertiary/aromatic N) is 4. The number of benzene rings is 2. The van der Waals surface area contributed by atoms with Gasteiger partial charge in [-0.2, -0.15) is 4.68 Å². The van der Waals surface area contributed by atoms with Crippen LogP contribution in [0.1, 0.15) is 5.56 Å². The molecule has 0 atom stereocenters. The number of carbonyl (C=O) groups excluding carboxylic acids is 2. The number of fused-ring (bicyclic) bond motifs is 1. The summed E-state index contributed by atoms with van der Waals surface area (Å²) >= 11 is 0. The van der Waals surface area contributed by atoms with Crippen molar-refractivity contribution in [1.82, 2.24) is 19.9 Å². The molecule has 2 aromatic carbocycles. The van der Waals surface area contributed by atoms with Gasteiger partial charge in [-0.3, -0.25) is 14.4 Å². The number of esters is 1. The number of rotatable bonds is 7. The zero-order valence-corrected chi connectivity index (χ0v) is 16.1. The lowest BCUT2D eigenvalue weighted by molar-refractivity contribution is -0.152. The maximum absolute atomic E-state index is 12.3. The molecule has 1 aromatic heterocycles. The fourth-order valence-electron chi connectivity index (χ4n) is 2.72. The Kier molecular flexibility index (Phi) is 6.18. The van der Waals surface area contributed by atoms with Crippen LogP contribution in [0.3, 0.4) is 0 Å². The first-order chi connectivity index (χ1) is 14.0. The molecule has 3 rings (SSSR count). The summed E-state index contributed by atoms with van der Waals surface area (Å²) in [7, 11) is 3.15. The molecule has 0 N–H and O–H groups in total. The highest BCUT2D eigenvalue weighted by atomic mass is 16.5. The summed E-state index contributed by atoms with van der Waals surface area (Å²) in [4.78, 5) is 38.1. The number of ether oxygens (including phenoxy) is 2. The molecular formula is C20H20N4O5. The average molecular weight is 396 g/mol. The molecule has 150 valence electrons. The van der Waals surface area contributed by atoms with E-state index >= 15 is 0 Å². The number of hydrogen-bond acceptors (Lipinski definition) is 7. The zero-order valence-electron chi connectivity index (χ0n) is 16.1. The highest BCUT2D eigenvalue weighted by Gasteiger charge is 2.16. The number of likely N-dealkylation sites (N-methyl/N-ethyl adjacent to an activating group) is 1. The Morgan fingerprint density at radius 2 is 1.83 bits per heavy atom. The lowest BCUT2D eigenvalue weighted by atomic mass is 10.2. The first-order valence-electron chi connectivity index (χ1n) is 8.83. The molecule has 0 aliphatic heterocycles. The van der Waals surface area contributed by atoms with Crippen LogP contribution in [0.2, 0.25) is 0 Å². The van der Waals surface area contributed by atoms with Gasteiger partial charge in [-0.15, -0.1) is 5.10 Å². The highest BCUT2D eigenvalue weighted by Crippen LogP contribution is 2.18. The van der Waals surface area contributed by atoms with E-state index in [9.17, 15) is 14.4 Å². The molecule has 29 heavy (non-hydrogen) atoms. The van der Waals surface area contributed by atoms with Gasteiger partial charge in [0.15, 0.2) is 6.61 Å². The monoisotopic (exact) mass is 396 g/mol. The van der Waals surface area contributed by atoms with Crippen molar-refractivity contribution in [2.45, 2.75) is 13.1 Å². The van der Waals surface area contributed by atoms with E-state index in [1.807, 2.05) is 18.2 Å². The molecule has 0 saturated carbocycles. The fourth-order valence-corrected chi connectivity index (χ4v) is 2.72. The van der Waals surface area contributed by atoms with E-state index in [0.29, 0.717) is 23.2 Å². The minimum atomic E-state index is -0.754. The second kappa shape index (κ2) is 8.96. The van der Waals surface area contributed by atoms with Crippen LogP contribution in [0.5, 0.6) is 5.75 Å². The van der Waals surface area contributed by atoms with Gasteiger partial charge < -0.3 is 14.4 Å². The van der Waals surface area contributed by atoms with Crippen molar-refractivity contribution in [3.05, 3.63) is 64.4 Å². The third kappa shape index (κ3) is 4.75. The number of para-hydroxylation sites is 1. The standard InChI is InChI=1S/C20H20N4O5/c1-23(11-14-7-3-6-10-17(14)28-2)18(25)13-29-19(26)12-24-20(27)15-8-4-5-9-16(15)21-22-24/h3-10H,11-13H2,1-2H3. The van der Waals surface area contributed by atoms with Crippen LogP contribution in [-0.4, -0.2) is 52.5 Å². The molecule has 1 amide bonds. The van der Waals surface area contributed by atoms with Crippen molar-refractivity contribution in [3.63, 3.8) is 0 Å². The first-order valence-corrected chi connectivity index (χ1v) is 8.83. The topological polar surface area (TPSA) is 104 Å². The SMILES string of the molecule is COc1ccccc1CN(C)C(=O)COC(=O)Cn1nnc2ccccc2c1=O. The number of carbonyl (C=O) groups is 2. The Balaban J connectivity index is 1.57. The van der Waals surface area contributed by atoms with Crippen molar-refractivity contribution in [1.29, 1.82) is 0 Å². The average Bonchev–Trinajstić information content (AvgIpc) is 2.74. The van der Waals surface area contributed by atoms with E-state index in [4.69, 9.17) is 9.47 Å². The third-order valence-corrected chi connectivity index (χ3v) is 4.29. The summed E-state index contributed by atoms with van der Waals surface area (Å²) in [6, 6.07) is 14.0.